The highest BCUT2D eigenvalue weighted by atomic mass is 16.5. The summed E-state index contributed by atoms with van der Waals surface area (Å²) in [4.78, 5) is 17.0. The fourth-order valence-electron chi connectivity index (χ4n) is 4.89. The van der Waals surface area contributed by atoms with E-state index in [1.807, 2.05) is 53.2 Å². The van der Waals surface area contributed by atoms with Gasteiger partial charge in [-0.2, -0.15) is 0 Å². The summed E-state index contributed by atoms with van der Waals surface area (Å²) in [6.45, 7) is 0.679. The first kappa shape index (κ1) is 20.1. The Morgan fingerprint density at radius 1 is 1.03 bits per heavy atom. The number of carbonyl (C=O) groups is 1. The lowest BCUT2D eigenvalue weighted by Gasteiger charge is -2.17. The molecule has 8 heteroatoms. The number of nitrogens with one attached hydrogen (secondary N) is 1. The predicted molar refractivity (Wildman–Crippen MR) is 122 cm³/mol. The average molecular weight is 444 g/mol. The average Bonchev–Trinajstić information content (AvgIpc) is 3.65. The van der Waals surface area contributed by atoms with Crippen molar-refractivity contribution in [1.29, 1.82) is 0 Å². The molecular formula is C25H25N5O3. The molecule has 0 spiro atoms. The number of ether oxygens (including phenoxy) is 1. The molecular weight excluding hydrogens is 418 g/mol. The van der Waals surface area contributed by atoms with Crippen molar-refractivity contribution in [2.24, 2.45) is 0 Å². The summed E-state index contributed by atoms with van der Waals surface area (Å²) < 4.78 is 13.4. The summed E-state index contributed by atoms with van der Waals surface area (Å²) in [6, 6.07) is 16.2. The van der Waals surface area contributed by atoms with Crippen molar-refractivity contribution in [2.45, 2.75) is 50.3 Å². The summed E-state index contributed by atoms with van der Waals surface area (Å²) in [7, 11) is 0. The van der Waals surface area contributed by atoms with Crippen LogP contribution in [0.2, 0.25) is 0 Å². The standard InChI is InChI=1S/C25H25N5O3/c31-24(23-6-3-13-32-23)27-18-11-12-19(14-18)30-21(15-26-29-30)16-7-9-17(10-8-16)25-28-20-4-1-2-5-22(20)33-25/h1-2,4-5,7-10,15,18-19,23H,3,6,11-14H2,(H,27,31)/t18-,19+,23-/m0/s1. The van der Waals surface area contributed by atoms with Crippen molar-refractivity contribution in [2.75, 3.05) is 6.61 Å². The number of para-hydroxylation sites is 2. The zero-order valence-corrected chi connectivity index (χ0v) is 18.2. The third kappa shape index (κ3) is 3.91. The van der Waals surface area contributed by atoms with Gasteiger partial charge in [0, 0.05) is 23.8 Å². The molecule has 33 heavy (non-hydrogen) atoms. The molecule has 2 aromatic carbocycles. The predicted octanol–water partition coefficient (Wildman–Crippen LogP) is 4.14. The van der Waals surface area contributed by atoms with E-state index in [9.17, 15) is 4.79 Å². The number of amides is 1. The van der Waals surface area contributed by atoms with Crippen LogP contribution in [0.3, 0.4) is 0 Å². The molecule has 0 unspecified atom stereocenters. The van der Waals surface area contributed by atoms with Gasteiger partial charge in [0.2, 0.25) is 11.8 Å². The van der Waals surface area contributed by atoms with E-state index in [4.69, 9.17) is 9.15 Å². The van der Waals surface area contributed by atoms with E-state index in [0.717, 1.165) is 60.0 Å². The van der Waals surface area contributed by atoms with Crippen LogP contribution in [0.25, 0.3) is 33.8 Å². The monoisotopic (exact) mass is 443 g/mol. The van der Waals surface area contributed by atoms with Gasteiger partial charge in [-0.15, -0.1) is 5.10 Å². The first-order chi connectivity index (χ1) is 16.2. The van der Waals surface area contributed by atoms with Gasteiger partial charge in [0.25, 0.3) is 0 Å². The molecule has 3 atom stereocenters. The number of benzene rings is 2. The van der Waals surface area contributed by atoms with Gasteiger partial charge in [-0.1, -0.05) is 29.5 Å². The summed E-state index contributed by atoms with van der Waals surface area (Å²) in [5.41, 5.74) is 4.55. The molecule has 2 aromatic heterocycles. The largest absolute Gasteiger partial charge is 0.436 e. The van der Waals surface area contributed by atoms with Gasteiger partial charge in [-0.25, -0.2) is 9.67 Å². The lowest BCUT2D eigenvalue weighted by atomic mass is 10.1. The van der Waals surface area contributed by atoms with Crippen molar-refractivity contribution < 1.29 is 13.9 Å². The van der Waals surface area contributed by atoms with E-state index in [-0.39, 0.29) is 24.1 Å². The first-order valence-electron chi connectivity index (χ1n) is 11.5. The van der Waals surface area contributed by atoms with Crippen LogP contribution in [0.5, 0.6) is 0 Å². The van der Waals surface area contributed by atoms with Crippen molar-refractivity contribution in [3.8, 4) is 22.7 Å². The van der Waals surface area contributed by atoms with Gasteiger partial charge in [0.15, 0.2) is 5.58 Å². The summed E-state index contributed by atoms with van der Waals surface area (Å²) in [6.07, 6.45) is 6.01. The number of nitrogens with zero attached hydrogens (tertiary/aromatic N) is 4. The summed E-state index contributed by atoms with van der Waals surface area (Å²) in [5.74, 6) is 0.627. The highest BCUT2D eigenvalue weighted by Gasteiger charge is 2.32. The van der Waals surface area contributed by atoms with Crippen LogP contribution in [0, 0.1) is 0 Å². The number of carbonyl (C=O) groups excluding carboxylic acids is 1. The Morgan fingerprint density at radius 3 is 2.70 bits per heavy atom. The molecule has 1 saturated carbocycles. The molecule has 1 N–H and O–H groups in total. The van der Waals surface area contributed by atoms with Crippen LogP contribution in [-0.2, 0) is 9.53 Å². The number of aromatic nitrogens is 4. The topological polar surface area (TPSA) is 95.1 Å². The van der Waals surface area contributed by atoms with Gasteiger partial charge in [-0.3, -0.25) is 4.79 Å². The number of rotatable bonds is 5. The van der Waals surface area contributed by atoms with E-state index in [2.05, 4.69) is 20.6 Å². The Labute approximate surface area is 190 Å². The van der Waals surface area contributed by atoms with E-state index in [0.29, 0.717) is 12.5 Å². The zero-order chi connectivity index (χ0) is 22.2. The van der Waals surface area contributed by atoms with Crippen molar-refractivity contribution >= 4 is 17.0 Å². The Hall–Kier alpha value is -3.52. The molecule has 1 aliphatic carbocycles. The maximum absolute atomic E-state index is 12.4. The lowest BCUT2D eigenvalue weighted by Crippen LogP contribution is -2.40. The molecule has 2 fully saturated rings. The third-order valence-corrected chi connectivity index (χ3v) is 6.62. The summed E-state index contributed by atoms with van der Waals surface area (Å²) >= 11 is 0. The fraction of sp³-hybridized carbons (Fsp3) is 0.360. The normalized spacial score (nSPS) is 22.7. The molecule has 168 valence electrons. The maximum Gasteiger partial charge on any atom is 0.249 e. The molecule has 0 bridgehead atoms. The van der Waals surface area contributed by atoms with Crippen LogP contribution in [0.4, 0.5) is 0 Å². The second kappa shape index (κ2) is 8.44. The molecule has 1 aliphatic heterocycles. The molecule has 6 rings (SSSR count). The van der Waals surface area contributed by atoms with Gasteiger partial charge < -0.3 is 14.5 Å². The first-order valence-corrected chi connectivity index (χ1v) is 11.5. The summed E-state index contributed by atoms with van der Waals surface area (Å²) in [5, 5.41) is 11.7. The SMILES string of the molecule is O=C(N[C@H]1CC[C@@H](n2nncc2-c2ccc(-c3nc4ccccc4o3)cc2)C1)[C@@H]1CCCO1. The van der Waals surface area contributed by atoms with Gasteiger partial charge >= 0.3 is 0 Å². The van der Waals surface area contributed by atoms with Crippen LogP contribution in [-0.4, -0.2) is 44.6 Å². The minimum atomic E-state index is -0.286. The number of oxazole rings is 1. The molecule has 4 aromatic rings. The molecule has 3 heterocycles. The van der Waals surface area contributed by atoms with E-state index in [1.165, 1.54) is 0 Å². The smallest absolute Gasteiger partial charge is 0.249 e. The Balaban J connectivity index is 1.17. The molecule has 1 saturated heterocycles. The minimum absolute atomic E-state index is 0.0201. The van der Waals surface area contributed by atoms with Crippen LogP contribution in [0.1, 0.15) is 38.1 Å². The molecule has 2 aliphatic rings. The van der Waals surface area contributed by atoms with Crippen LogP contribution >= 0.6 is 0 Å². The van der Waals surface area contributed by atoms with Crippen LogP contribution < -0.4 is 5.32 Å². The third-order valence-electron chi connectivity index (χ3n) is 6.62. The van der Waals surface area contributed by atoms with Gasteiger partial charge in [0.1, 0.15) is 11.6 Å². The maximum atomic E-state index is 12.4. The van der Waals surface area contributed by atoms with Crippen LogP contribution in [0.15, 0.2) is 59.1 Å². The van der Waals surface area contributed by atoms with Crippen molar-refractivity contribution in [1.82, 2.24) is 25.3 Å². The quantitative estimate of drug-likeness (QED) is 0.498. The minimum Gasteiger partial charge on any atom is -0.436 e. The van der Waals surface area contributed by atoms with E-state index >= 15 is 0 Å². The lowest BCUT2D eigenvalue weighted by molar-refractivity contribution is -0.130. The van der Waals surface area contributed by atoms with Gasteiger partial charge in [-0.05, 0) is 56.4 Å². The second-order valence-corrected chi connectivity index (χ2v) is 8.80. The van der Waals surface area contributed by atoms with Crippen molar-refractivity contribution in [3.63, 3.8) is 0 Å². The van der Waals surface area contributed by atoms with E-state index in [1.54, 1.807) is 6.20 Å². The number of hydrogen-bond acceptors (Lipinski definition) is 6. The fourth-order valence-corrected chi connectivity index (χ4v) is 4.89. The van der Waals surface area contributed by atoms with Gasteiger partial charge in [0.05, 0.1) is 17.9 Å². The molecule has 8 nitrogen and oxygen atoms in total. The molecule has 0 radical (unpaired) electrons. The highest BCUT2D eigenvalue weighted by Crippen LogP contribution is 2.34. The van der Waals surface area contributed by atoms with E-state index < -0.39 is 0 Å². The molecule has 1 amide bonds. The number of fused-ring (bicyclic) bond motifs is 1. The number of hydrogen-bond donors (Lipinski definition) is 1. The second-order valence-electron chi connectivity index (χ2n) is 8.80. The Bertz CT molecular complexity index is 1240. The Kier molecular flexibility index (Phi) is 5.14. The highest BCUT2D eigenvalue weighted by molar-refractivity contribution is 5.81. The van der Waals surface area contributed by atoms with Crippen molar-refractivity contribution in [3.05, 3.63) is 54.7 Å². The Morgan fingerprint density at radius 2 is 1.88 bits per heavy atom. The zero-order valence-electron chi connectivity index (χ0n) is 18.2.